The molecule has 0 saturated carbocycles. The van der Waals surface area contributed by atoms with Crippen molar-refractivity contribution >= 4 is 22.6 Å². The fourth-order valence-corrected chi connectivity index (χ4v) is 4.75. The molecule has 3 N–H and O–H groups in total. The molecule has 8 nitrogen and oxygen atoms in total. The number of carboxylic acid groups (broad SMARTS) is 1. The number of aliphatic carboxylic acids is 1. The number of carbonyl (C=O) groups is 1. The van der Waals surface area contributed by atoms with E-state index < -0.39 is 12.1 Å². The molecule has 0 radical (unpaired) electrons. The molecule has 1 fully saturated rings. The molecule has 1 saturated heterocycles. The summed E-state index contributed by atoms with van der Waals surface area (Å²) >= 11 is 0. The molecule has 1 aromatic heterocycles. The molecular formula is C28H35F3N4O4. The Labute approximate surface area is 225 Å². The zero-order chi connectivity index (χ0) is 28.6. The van der Waals surface area contributed by atoms with E-state index in [0.29, 0.717) is 23.7 Å². The number of hydrogen-bond donors (Lipinski definition) is 3. The Balaban J connectivity index is 0.000000532. The third-order valence-corrected chi connectivity index (χ3v) is 6.69. The van der Waals surface area contributed by atoms with E-state index in [9.17, 15) is 18.0 Å². The molecule has 0 bridgehead atoms. The molecule has 212 valence electrons. The number of anilines is 1. The van der Waals surface area contributed by atoms with E-state index in [1.165, 1.54) is 5.56 Å². The molecule has 1 aliphatic heterocycles. The molecule has 4 rings (SSSR count). The number of nitrogens with zero attached hydrogens (tertiary/aromatic N) is 2. The summed E-state index contributed by atoms with van der Waals surface area (Å²) in [4.78, 5) is 28.0. The number of benzene rings is 2. The smallest absolute Gasteiger partial charge is 0.490 e. The molecule has 3 aromatic rings. The van der Waals surface area contributed by atoms with Gasteiger partial charge in [0.2, 0.25) is 0 Å². The minimum Gasteiger partial charge on any atom is -0.496 e. The summed E-state index contributed by atoms with van der Waals surface area (Å²) in [6.45, 7) is 4.80. The van der Waals surface area contributed by atoms with Crippen molar-refractivity contribution in [2.75, 3.05) is 32.6 Å². The number of methoxy groups -OCH3 is 1. The van der Waals surface area contributed by atoms with Crippen molar-refractivity contribution in [3.8, 4) is 17.1 Å². The van der Waals surface area contributed by atoms with E-state index in [4.69, 9.17) is 19.6 Å². The van der Waals surface area contributed by atoms with E-state index >= 15 is 0 Å². The number of carboxylic acids is 1. The molecule has 1 aliphatic rings. The number of piperidine rings is 1. The summed E-state index contributed by atoms with van der Waals surface area (Å²) in [5.41, 5.74) is 3.67. The van der Waals surface area contributed by atoms with Gasteiger partial charge in [-0.15, -0.1) is 0 Å². The van der Waals surface area contributed by atoms with Gasteiger partial charge in [-0.3, -0.25) is 9.36 Å². The predicted molar refractivity (Wildman–Crippen MR) is 145 cm³/mol. The highest BCUT2D eigenvalue weighted by atomic mass is 19.4. The van der Waals surface area contributed by atoms with Crippen LogP contribution < -0.4 is 20.9 Å². The van der Waals surface area contributed by atoms with Gasteiger partial charge >= 0.3 is 12.1 Å². The fraction of sp³-hybridized carbons (Fsp3) is 0.464. The fourth-order valence-electron chi connectivity index (χ4n) is 4.75. The highest BCUT2D eigenvalue weighted by Gasteiger charge is 2.38. The van der Waals surface area contributed by atoms with Crippen molar-refractivity contribution in [2.24, 2.45) is 5.92 Å². The normalized spacial score (nSPS) is 15.4. The number of unbranched alkanes of at least 4 members (excludes halogenated alkanes) is 1. The third kappa shape index (κ3) is 7.29. The van der Waals surface area contributed by atoms with Gasteiger partial charge < -0.3 is 20.5 Å². The number of fused-ring (bicyclic) bond motifs is 1. The van der Waals surface area contributed by atoms with Gasteiger partial charge in [-0.2, -0.15) is 13.2 Å². The number of aryl methyl sites for hydroxylation is 1. The lowest BCUT2D eigenvalue weighted by Crippen LogP contribution is -2.35. The Morgan fingerprint density at radius 3 is 2.56 bits per heavy atom. The number of para-hydroxylation sites is 1. The minimum atomic E-state index is -5.08. The van der Waals surface area contributed by atoms with Crippen LogP contribution in [0.3, 0.4) is 0 Å². The van der Waals surface area contributed by atoms with Crippen LogP contribution in [0.25, 0.3) is 22.3 Å². The lowest BCUT2D eigenvalue weighted by Gasteiger charge is -2.25. The molecule has 2 heterocycles. The van der Waals surface area contributed by atoms with Crippen LogP contribution in [0.5, 0.6) is 5.75 Å². The van der Waals surface area contributed by atoms with E-state index in [-0.39, 0.29) is 5.56 Å². The molecule has 0 aliphatic carbocycles. The average molecular weight is 549 g/mol. The zero-order valence-electron chi connectivity index (χ0n) is 22.4. The molecule has 2 aromatic carbocycles. The maximum absolute atomic E-state index is 14.0. The summed E-state index contributed by atoms with van der Waals surface area (Å²) in [5, 5.41) is 14.6. The summed E-state index contributed by atoms with van der Waals surface area (Å²) in [5.74, 6) is -0.959. The zero-order valence-corrected chi connectivity index (χ0v) is 22.4. The van der Waals surface area contributed by atoms with Gasteiger partial charge in [0.1, 0.15) is 11.6 Å². The predicted octanol–water partition coefficient (Wildman–Crippen LogP) is 5.09. The van der Waals surface area contributed by atoms with Gasteiger partial charge in [-0.25, -0.2) is 9.78 Å². The highest BCUT2D eigenvalue weighted by Crippen LogP contribution is 2.32. The van der Waals surface area contributed by atoms with E-state index in [2.05, 4.69) is 23.6 Å². The Morgan fingerprint density at radius 2 is 1.97 bits per heavy atom. The van der Waals surface area contributed by atoms with Crippen molar-refractivity contribution in [3.63, 3.8) is 0 Å². The number of alkyl halides is 3. The van der Waals surface area contributed by atoms with Crippen molar-refractivity contribution in [1.29, 1.82) is 0 Å². The van der Waals surface area contributed by atoms with Crippen LogP contribution in [0.2, 0.25) is 0 Å². The molecule has 0 spiro atoms. The summed E-state index contributed by atoms with van der Waals surface area (Å²) in [6.07, 6.45) is 0.314. The first-order valence-electron chi connectivity index (χ1n) is 13.0. The van der Waals surface area contributed by atoms with Crippen LogP contribution in [0.1, 0.15) is 38.2 Å². The molecule has 39 heavy (non-hydrogen) atoms. The van der Waals surface area contributed by atoms with Crippen LogP contribution in [0, 0.1) is 5.92 Å². The monoisotopic (exact) mass is 548 g/mol. The quantitative estimate of drug-likeness (QED) is 0.360. The van der Waals surface area contributed by atoms with Gasteiger partial charge in [-0.05, 0) is 68.5 Å². The van der Waals surface area contributed by atoms with Crippen molar-refractivity contribution in [1.82, 2.24) is 14.9 Å². The van der Waals surface area contributed by atoms with E-state index in [0.717, 1.165) is 67.7 Å². The molecular weight excluding hydrogens is 513 g/mol. The van der Waals surface area contributed by atoms with Gasteiger partial charge in [0.25, 0.3) is 5.56 Å². The lowest BCUT2D eigenvalue weighted by molar-refractivity contribution is -0.192. The van der Waals surface area contributed by atoms with Crippen molar-refractivity contribution in [2.45, 2.75) is 51.7 Å². The first-order chi connectivity index (χ1) is 18.6. The SMILES string of the molecule is CCCCc1ccc2nc(-c3ccccc3OC)n(CC3CCCNC3)c(=O)c2c1NC.O=C(O)C(F)(F)F. The molecule has 0 amide bonds. The van der Waals surface area contributed by atoms with Crippen LogP contribution in [-0.4, -0.2) is 54.1 Å². The van der Waals surface area contributed by atoms with Gasteiger partial charge in [-0.1, -0.05) is 31.5 Å². The Morgan fingerprint density at radius 1 is 1.26 bits per heavy atom. The summed E-state index contributed by atoms with van der Waals surface area (Å²) < 4.78 is 39.2. The first kappa shape index (κ1) is 29.9. The van der Waals surface area contributed by atoms with Crippen LogP contribution in [0.4, 0.5) is 18.9 Å². The third-order valence-electron chi connectivity index (χ3n) is 6.69. The van der Waals surface area contributed by atoms with Crippen LogP contribution in [0.15, 0.2) is 41.2 Å². The standard InChI is InChI=1S/C26H34N4O2.C2HF3O2/c1-4-5-10-19-13-14-21-23(24(19)27-2)26(31)30(17-18-9-8-15-28-16-18)25(29-21)20-11-6-7-12-22(20)32-3;3-2(4,5)1(6)7/h6-7,11-14,18,27-28H,4-5,8-10,15-17H2,1-3H3;(H,6,7). The number of ether oxygens (including phenoxy) is 1. The number of halogens is 3. The second kappa shape index (κ2) is 13.5. The van der Waals surface area contributed by atoms with Crippen LogP contribution in [-0.2, 0) is 17.8 Å². The average Bonchev–Trinajstić information content (AvgIpc) is 2.93. The lowest BCUT2D eigenvalue weighted by atomic mass is 9.98. The maximum atomic E-state index is 14.0. The van der Waals surface area contributed by atoms with E-state index in [1.807, 2.05) is 41.9 Å². The summed E-state index contributed by atoms with van der Waals surface area (Å²) in [6, 6.07) is 11.9. The second-order valence-electron chi connectivity index (χ2n) is 9.41. The van der Waals surface area contributed by atoms with Crippen LogP contribution >= 0.6 is 0 Å². The maximum Gasteiger partial charge on any atom is 0.490 e. The Hall–Kier alpha value is -3.60. The number of hydrogen-bond acceptors (Lipinski definition) is 6. The van der Waals surface area contributed by atoms with E-state index in [1.54, 1.807) is 7.11 Å². The topological polar surface area (TPSA) is 105 Å². The van der Waals surface area contributed by atoms with Gasteiger partial charge in [0, 0.05) is 13.6 Å². The number of nitrogens with one attached hydrogen (secondary N) is 2. The summed E-state index contributed by atoms with van der Waals surface area (Å²) in [7, 11) is 3.56. The van der Waals surface area contributed by atoms with Gasteiger partial charge in [0.15, 0.2) is 0 Å². The Bertz CT molecular complexity index is 1330. The number of rotatable bonds is 8. The van der Waals surface area contributed by atoms with Crippen molar-refractivity contribution in [3.05, 3.63) is 52.3 Å². The number of aromatic nitrogens is 2. The largest absolute Gasteiger partial charge is 0.496 e. The highest BCUT2D eigenvalue weighted by molar-refractivity contribution is 5.93. The second-order valence-corrected chi connectivity index (χ2v) is 9.41. The Kier molecular flexibility index (Phi) is 10.3. The van der Waals surface area contributed by atoms with Gasteiger partial charge in [0.05, 0.1) is 29.3 Å². The molecule has 11 heteroatoms. The van der Waals surface area contributed by atoms with Crippen molar-refractivity contribution < 1.29 is 27.8 Å². The minimum absolute atomic E-state index is 0.0178. The molecule has 1 unspecified atom stereocenters. The molecule has 1 atom stereocenters. The first-order valence-corrected chi connectivity index (χ1v) is 13.0.